The molecule has 0 unspecified atom stereocenters. The molecule has 1 heterocycles. The second-order valence-corrected chi connectivity index (χ2v) is 5.07. The molecule has 1 fully saturated rings. The summed E-state index contributed by atoms with van der Waals surface area (Å²) in [6, 6.07) is 0. The highest BCUT2D eigenvalue weighted by Gasteiger charge is 2.15. The lowest BCUT2D eigenvalue weighted by Crippen LogP contribution is -2.54. The summed E-state index contributed by atoms with van der Waals surface area (Å²) >= 11 is 0. The fourth-order valence-electron chi connectivity index (χ4n) is 1.47. The Kier molecular flexibility index (Phi) is 3.93. The van der Waals surface area contributed by atoms with Gasteiger partial charge >= 0.3 is 0 Å². The molecule has 3 N–H and O–H groups in total. The van der Waals surface area contributed by atoms with Crippen LogP contribution in [0.25, 0.3) is 0 Å². The fourth-order valence-corrected chi connectivity index (χ4v) is 1.47. The monoisotopic (exact) mass is 213 g/mol. The maximum absolute atomic E-state index is 5.81. The minimum absolute atomic E-state index is 0.121. The number of hydrazine groups is 1. The maximum atomic E-state index is 5.81. The number of rotatable bonds is 1. The molecule has 1 aliphatic heterocycles. The van der Waals surface area contributed by atoms with Gasteiger partial charge in [0.15, 0.2) is 0 Å². The van der Waals surface area contributed by atoms with Gasteiger partial charge in [0.2, 0.25) is 5.96 Å². The van der Waals surface area contributed by atoms with Crippen molar-refractivity contribution in [1.82, 2.24) is 15.3 Å². The van der Waals surface area contributed by atoms with Crippen LogP contribution in [-0.2, 0) is 0 Å². The zero-order chi connectivity index (χ0) is 11.5. The molecule has 1 rings (SSSR count). The number of piperazine rings is 1. The van der Waals surface area contributed by atoms with Gasteiger partial charge in [-0.15, -0.1) is 0 Å². The average molecular weight is 213 g/mol. The topological polar surface area (TPSA) is 56.9 Å². The Morgan fingerprint density at radius 2 is 1.73 bits per heavy atom. The molecule has 0 atom stereocenters. The van der Waals surface area contributed by atoms with Crippen LogP contribution in [0.15, 0.2) is 4.99 Å². The van der Waals surface area contributed by atoms with E-state index in [1.807, 2.05) is 20.8 Å². The molecule has 0 radical (unpaired) electrons. The van der Waals surface area contributed by atoms with E-state index in [1.54, 1.807) is 0 Å². The SMILES string of the molecule is CN1CCN(NC(N)=NC(C)(C)C)CC1. The molecule has 1 saturated heterocycles. The number of guanidine groups is 1. The third-order valence-corrected chi connectivity index (χ3v) is 2.23. The number of aliphatic imine (C=N–C) groups is 1. The zero-order valence-electron chi connectivity index (χ0n) is 10.2. The number of hydrogen-bond donors (Lipinski definition) is 2. The zero-order valence-corrected chi connectivity index (χ0v) is 10.2. The molecule has 5 nitrogen and oxygen atoms in total. The van der Waals surface area contributed by atoms with Gasteiger partial charge in [-0.05, 0) is 27.8 Å². The molecule has 0 aliphatic carbocycles. The first-order valence-corrected chi connectivity index (χ1v) is 5.42. The number of likely N-dealkylation sites (N-methyl/N-ethyl adjacent to an activating group) is 1. The Bertz CT molecular complexity index is 222. The Morgan fingerprint density at radius 3 is 2.20 bits per heavy atom. The number of nitrogens with zero attached hydrogens (tertiary/aromatic N) is 3. The van der Waals surface area contributed by atoms with Gasteiger partial charge in [-0.25, -0.2) is 10.0 Å². The molecule has 0 aromatic carbocycles. The van der Waals surface area contributed by atoms with E-state index in [0.29, 0.717) is 5.96 Å². The maximum Gasteiger partial charge on any atom is 0.203 e. The third kappa shape index (κ3) is 4.99. The van der Waals surface area contributed by atoms with Gasteiger partial charge in [0.25, 0.3) is 0 Å². The van der Waals surface area contributed by atoms with Crippen molar-refractivity contribution in [3.05, 3.63) is 0 Å². The van der Waals surface area contributed by atoms with E-state index in [9.17, 15) is 0 Å². The van der Waals surface area contributed by atoms with Crippen LogP contribution in [0.5, 0.6) is 0 Å². The van der Waals surface area contributed by atoms with Crippen LogP contribution in [0.2, 0.25) is 0 Å². The minimum Gasteiger partial charge on any atom is -0.369 e. The van der Waals surface area contributed by atoms with E-state index >= 15 is 0 Å². The molecule has 5 heteroatoms. The highest BCUT2D eigenvalue weighted by molar-refractivity contribution is 5.77. The van der Waals surface area contributed by atoms with Crippen molar-refractivity contribution in [2.24, 2.45) is 10.7 Å². The van der Waals surface area contributed by atoms with Crippen molar-refractivity contribution in [2.45, 2.75) is 26.3 Å². The largest absolute Gasteiger partial charge is 0.369 e. The van der Waals surface area contributed by atoms with Crippen LogP contribution in [0.4, 0.5) is 0 Å². The van der Waals surface area contributed by atoms with Gasteiger partial charge in [0.1, 0.15) is 0 Å². The summed E-state index contributed by atoms with van der Waals surface area (Å²) < 4.78 is 0. The van der Waals surface area contributed by atoms with E-state index in [-0.39, 0.29) is 5.54 Å². The third-order valence-electron chi connectivity index (χ3n) is 2.23. The summed E-state index contributed by atoms with van der Waals surface area (Å²) in [6.45, 7) is 10.2. The first-order valence-electron chi connectivity index (χ1n) is 5.42. The Morgan fingerprint density at radius 1 is 1.20 bits per heavy atom. The minimum atomic E-state index is -0.121. The standard InChI is InChI=1S/C10H23N5/c1-10(2,3)12-9(11)13-15-7-5-14(4)6-8-15/h5-8H2,1-4H3,(H3,11,12,13). The molecular weight excluding hydrogens is 190 g/mol. The van der Waals surface area contributed by atoms with Gasteiger partial charge in [-0.2, -0.15) is 0 Å². The van der Waals surface area contributed by atoms with E-state index in [4.69, 9.17) is 5.73 Å². The summed E-state index contributed by atoms with van der Waals surface area (Å²) in [5.74, 6) is 0.507. The Labute approximate surface area is 92.3 Å². The summed E-state index contributed by atoms with van der Waals surface area (Å²) in [6.07, 6.45) is 0. The summed E-state index contributed by atoms with van der Waals surface area (Å²) in [7, 11) is 2.13. The van der Waals surface area contributed by atoms with Crippen LogP contribution in [0.3, 0.4) is 0 Å². The van der Waals surface area contributed by atoms with E-state index in [1.165, 1.54) is 0 Å². The van der Waals surface area contributed by atoms with Gasteiger partial charge in [0, 0.05) is 26.2 Å². The number of nitrogens with one attached hydrogen (secondary N) is 1. The van der Waals surface area contributed by atoms with E-state index in [0.717, 1.165) is 26.2 Å². The molecule has 1 aliphatic rings. The first kappa shape index (κ1) is 12.3. The Hall–Kier alpha value is -0.810. The predicted molar refractivity (Wildman–Crippen MR) is 63.6 cm³/mol. The predicted octanol–water partition coefficient (Wildman–Crippen LogP) is -0.148. The number of hydrogen-bond acceptors (Lipinski definition) is 3. The lowest BCUT2D eigenvalue weighted by atomic mass is 10.1. The smallest absolute Gasteiger partial charge is 0.203 e. The van der Waals surface area contributed by atoms with Crippen molar-refractivity contribution in [3.8, 4) is 0 Å². The number of nitrogens with two attached hydrogens (primary N) is 1. The second-order valence-electron chi connectivity index (χ2n) is 5.07. The van der Waals surface area contributed by atoms with Gasteiger partial charge in [0.05, 0.1) is 5.54 Å². The summed E-state index contributed by atoms with van der Waals surface area (Å²) in [5, 5.41) is 2.12. The van der Waals surface area contributed by atoms with Crippen molar-refractivity contribution in [2.75, 3.05) is 33.2 Å². The van der Waals surface area contributed by atoms with Crippen LogP contribution < -0.4 is 11.2 Å². The van der Waals surface area contributed by atoms with Crippen molar-refractivity contribution < 1.29 is 0 Å². The van der Waals surface area contributed by atoms with Crippen molar-refractivity contribution in [3.63, 3.8) is 0 Å². The average Bonchev–Trinajstić information content (AvgIpc) is 2.05. The summed E-state index contributed by atoms with van der Waals surface area (Å²) in [4.78, 5) is 6.65. The molecule has 0 aromatic heterocycles. The Balaban J connectivity index is 2.38. The molecule has 0 saturated carbocycles. The quantitative estimate of drug-likeness (QED) is 0.470. The van der Waals surface area contributed by atoms with E-state index in [2.05, 4.69) is 27.4 Å². The molecular formula is C10H23N5. The molecule has 0 spiro atoms. The van der Waals surface area contributed by atoms with Crippen LogP contribution in [0, 0.1) is 0 Å². The van der Waals surface area contributed by atoms with Crippen molar-refractivity contribution in [1.29, 1.82) is 0 Å². The van der Waals surface area contributed by atoms with Gasteiger partial charge < -0.3 is 10.6 Å². The van der Waals surface area contributed by atoms with Crippen LogP contribution >= 0.6 is 0 Å². The first-order chi connectivity index (χ1) is 6.87. The highest BCUT2D eigenvalue weighted by atomic mass is 15.6. The summed E-state index contributed by atoms with van der Waals surface area (Å²) in [5.41, 5.74) is 8.82. The molecule has 0 bridgehead atoms. The molecule has 0 aromatic rings. The lowest BCUT2D eigenvalue weighted by molar-refractivity contribution is 0.130. The molecule has 0 amide bonds. The van der Waals surface area contributed by atoms with E-state index < -0.39 is 0 Å². The fraction of sp³-hybridized carbons (Fsp3) is 0.900. The van der Waals surface area contributed by atoms with Crippen molar-refractivity contribution >= 4 is 5.96 Å². The van der Waals surface area contributed by atoms with Gasteiger partial charge in [-0.1, -0.05) is 0 Å². The normalized spacial score (nSPS) is 21.7. The van der Waals surface area contributed by atoms with Crippen LogP contribution in [-0.4, -0.2) is 54.6 Å². The lowest BCUT2D eigenvalue weighted by Gasteiger charge is -2.33. The van der Waals surface area contributed by atoms with Crippen LogP contribution in [0.1, 0.15) is 20.8 Å². The molecule has 88 valence electrons. The van der Waals surface area contributed by atoms with Gasteiger partial charge in [-0.3, -0.25) is 5.43 Å². The second kappa shape index (κ2) is 4.81. The highest BCUT2D eigenvalue weighted by Crippen LogP contribution is 2.05. The molecule has 15 heavy (non-hydrogen) atoms.